The quantitative estimate of drug-likeness (QED) is 0.848. The van der Waals surface area contributed by atoms with Crippen LogP contribution in [0.4, 0.5) is 0 Å². The predicted molar refractivity (Wildman–Crippen MR) is 86.8 cm³/mol. The number of hydrogen-bond acceptors (Lipinski definition) is 1. The fourth-order valence-corrected chi connectivity index (χ4v) is 3.23. The lowest BCUT2D eigenvalue weighted by Crippen LogP contribution is -2.13. The Bertz CT molecular complexity index is 525. The summed E-state index contributed by atoms with van der Waals surface area (Å²) in [6.07, 6.45) is 2.90. The van der Waals surface area contributed by atoms with Gasteiger partial charge in [0.1, 0.15) is 0 Å². The molecule has 21 heavy (non-hydrogen) atoms. The van der Waals surface area contributed by atoms with Crippen LogP contribution >= 0.6 is 0 Å². The third kappa shape index (κ3) is 3.66. The molecule has 0 bridgehead atoms. The first kappa shape index (κ1) is 16.1. The average Bonchev–Trinajstić information content (AvgIpc) is 3.16. The molecule has 0 radical (unpaired) electrons. The summed E-state index contributed by atoms with van der Waals surface area (Å²) in [6, 6.07) is 6.85. The zero-order valence-corrected chi connectivity index (χ0v) is 13.9. The lowest BCUT2D eigenvalue weighted by atomic mass is 9.81. The number of carboxylic acid groups (broad SMARTS) is 1. The van der Waals surface area contributed by atoms with Crippen molar-refractivity contribution in [1.82, 2.24) is 0 Å². The molecule has 0 saturated heterocycles. The van der Waals surface area contributed by atoms with E-state index in [0.717, 1.165) is 19.3 Å². The van der Waals surface area contributed by atoms with Crippen molar-refractivity contribution in [1.29, 1.82) is 0 Å². The van der Waals surface area contributed by atoms with E-state index in [1.165, 1.54) is 16.7 Å². The SMILES string of the molecule is CCc1ccc(C(C)(C)C)cc1C(C)CC1CC1C(=O)O. The molecule has 2 rings (SSSR count). The van der Waals surface area contributed by atoms with Gasteiger partial charge in [-0.2, -0.15) is 0 Å². The first-order valence-electron chi connectivity index (χ1n) is 8.10. The Morgan fingerprint density at radius 1 is 1.38 bits per heavy atom. The van der Waals surface area contributed by atoms with Gasteiger partial charge in [0.15, 0.2) is 0 Å². The highest BCUT2D eigenvalue weighted by Crippen LogP contribution is 2.45. The summed E-state index contributed by atoms with van der Waals surface area (Å²) in [4.78, 5) is 11.0. The molecule has 0 spiro atoms. The minimum absolute atomic E-state index is 0.0941. The van der Waals surface area contributed by atoms with Crippen LogP contribution in [0.1, 0.15) is 70.1 Å². The number of hydrogen-bond donors (Lipinski definition) is 1. The highest BCUT2D eigenvalue weighted by Gasteiger charge is 2.43. The summed E-state index contributed by atoms with van der Waals surface area (Å²) in [5.41, 5.74) is 4.35. The molecule has 0 heterocycles. The second kappa shape index (κ2) is 5.82. The maximum absolute atomic E-state index is 11.0. The second-order valence-corrected chi connectivity index (χ2v) is 7.59. The van der Waals surface area contributed by atoms with E-state index in [4.69, 9.17) is 5.11 Å². The molecule has 0 amide bonds. The number of aliphatic carboxylic acids is 1. The molecule has 2 nitrogen and oxygen atoms in total. The third-order valence-electron chi connectivity index (χ3n) is 4.82. The summed E-state index contributed by atoms with van der Waals surface area (Å²) in [5, 5.41) is 9.06. The van der Waals surface area contributed by atoms with Crippen LogP contribution in [0.25, 0.3) is 0 Å². The van der Waals surface area contributed by atoms with Crippen molar-refractivity contribution >= 4 is 5.97 Å². The van der Waals surface area contributed by atoms with E-state index in [0.29, 0.717) is 11.8 Å². The summed E-state index contributed by atoms with van der Waals surface area (Å²) >= 11 is 0. The second-order valence-electron chi connectivity index (χ2n) is 7.59. The smallest absolute Gasteiger partial charge is 0.306 e. The van der Waals surface area contributed by atoms with Crippen molar-refractivity contribution in [3.05, 3.63) is 34.9 Å². The number of carboxylic acids is 1. The van der Waals surface area contributed by atoms with E-state index in [1.54, 1.807) is 0 Å². The molecule has 1 saturated carbocycles. The molecule has 3 unspecified atom stereocenters. The van der Waals surface area contributed by atoms with E-state index in [-0.39, 0.29) is 11.3 Å². The van der Waals surface area contributed by atoms with Crippen LogP contribution < -0.4 is 0 Å². The topological polar surface area (TPSA) is 37.3 Å². The van der Waals surface area contributed by atoms with Gasteiger partial charge in [0.2, 0.25) is 0 Å². The molecule has 1 aromatic carbocycles. The molecule has 1 fully saturated rings. The van der Waals surface area contributed by atoms with Gasteiger partial charge in [-0.15, -0.1) is 0 Å². The number of rotatable bonds is 5. The standard InChI is InChI=1S/C19H28O2/c1-6-13-7-8-15(19(3,4)5)11-16(13)12(2)9-14-10-17(14)18(20)21/h7-8,11-12,14,17H,6,9-10H2,1-5H3,(H,20,21). The fraction of sp³-hybridized carbons (Fsp3) is 0.632. The largest absolute Gasteiger partial charge is 0.481 e. The Kier molecular flexibility index (Phi) is 4.46. The Hall–Kier alpha value is -1.31. The van der Waals surface area contributed by atoms with Crippen molar-refractivity contribution in [2.75, 3.05) is 0 Å². The van der Waals surface area contributed by atoms with Gasteiger partial charge in [-0.25, -0.2) is 0 Å². The Labute approximate surface area is 128 Å². The fourth-order valence-electron chi connectivity index (χ4n) is 3.23. The minimum Gasteiger partial charge on any atom is -0.481 e. The zero-order valence-electron chi connectivity index (χ0n) is 13.9. The molecule has 0 aliphatic heterocycles. The monoisotopic (exact) mass is 288 g/mol. The van der Waals surface area contributed by atoms with E-state index >= 15 is 0 Å². The maximum Gasteiger partial charge on any atom is 0.306 e. The van der Waals surface area contributed by atoms with Gasteiger partial charge >= 0.3 is 5.97 Å². The normalized spacial score (nSPS) is 22.9. The third-order valence-corrected chi connectivity index (χ3v) is 4.82. The van der Waals surface area contributed by atoms with Crippen LogP contribution in [0.15, 0.2) is 18.2 Å². The first-order chi connectivity index (χ1) is 9.74. The van der Waals surface area contributed by atoms with Crippen LogP contribution in [0, 0.1) is 11.8 Å². The van der Waals surface area contributed by atoms with Crippen LogP contribution in [0.2, 0.25) is 0 Å². The van der Waals surface area contributed by atoms with E-state index in [2.05, 4.69) is 52.8 Å². The van der Waals surface area contributed by atoms with Gasteiger partial charge in [-0.3, -0.25) is 4.79 Å². The molecule has 116 valence electrons. The van der Waals surface area contributed by atoms with Gasteiger partial charge in [-0.1, -0.05) is 52.8 Å². The van der Waals surface area contributed by atoms with Crippen LogP contribution in [0.5, 0.6) is 0 Å². The molecule has 0 aromatic heterocycles. The molecule has 1 aromatic rings. The lowest BCUT2D eigenvalue weighted by Gasteiger charge is -2.23. The van der Waals surface area contributed by atoms with Gasteiger partial charge in [0.05, 0.1) is 5.92 Å². The van der Waals surface area contributed by atoms with Crippen LogP contribution in [0.3, 0.4) is 0 Å². The first-order valence-corrected chi connectivity index (χ1v) is 8.10. The van der Waals surface area contributed by atoms with Crippen molar-refractivity contribution in [3.8, 4) is 0 Å². The van der Waals surface area contributed by atoms with Crippen molar-refractivity contribution < 1.29 is 9.90 Å². The number of carbonyl (C=O) groups is 1. The Morgan fingerprint density at radius 3 is 2.52 bits per heavy atom. The van der Waals surface area contributed by atoms with Crippen LogP contribution in [-0.2, 0) is 16.6 Å². The Balaban J connectivity index is 2.19. The number of aryl methyl sites for hydroxylation is 1. The van der Waals surface area contributed by atoms with Gasteiger partial charge in [0, 0.05) is 0 Å². The highest BCUT2D eigenvalue weighted by atomic mass is 16.4. The molecule has 1 aliphatic carbocycles. The minimum atomic E-state index is -0.619. The van der Waals surface area contributed by atoms with Gasteiger partial charge < -0.3 is 5.11 Å². The molecule has 1 aliphatic rings. The van der Waals surface area contributed by atoms with E-state index < -0.39 is 5.97 Å². The van der Waals surface area contributed by atoms with Crippen LogP contribution in [-0.4, -0.2) is 11.1 Å². The van der Waals surface area contributed by atoms with E-state index in [9.17, 15) is 4.79 Å². The molecule has 3 atom stereocenters. The Morgan fingerprint density at radius 2 is 2.05 bits per heavy atom. The summed E-state index contributed by atoms with van der Waals surface area (Å²) in [5.74, 6) is 0.104. The number of benzene rings is 1. The summed E-state index contributed by atoms with van der Waals surface area (Å²) in [7, 11) is 0. The summed E-state index contributed by atoms with van der Waals surface area (Å²) in [6.45, 7) is 11.2. The predicted octanol–water partition coefficient (Wildman–Crippen LogP) is 4.76. The van der Waals surface area contributed by atoms with Crippen molar-refractivity contribution in [2.24, 2.45) is 11.8 Å². The lowest BCUT2D eigenvalue weighted by molar-refractivity contribution is -0.138. The average molecular weight is 288 g/mol. The van der Waals surface area contributed by atoms with Crippen molar-refractivity contribution in [2.45, 2.75) is 65.2 Å². The maximum atomic E-state index is 11.0. The highest BCUT2D eigenvalue weighted by molar-refractivity contribution is 5.73. The van der Waals surface area contributed by atoms with Crippen molar-refractivity contribution in [3.63, 3.8) is 0 Å². The molecular formula is C19H28O2. The van der Waals surface area contributed by atoms with Gasteiger partial charge in [-0.05, 0) is 53.2 Å². The summed E-state index contributed by atoms with van der Waals surface area (Å²) < 4.78 is 0. The molecule has 2 heteroatoms. The van der Waals surface area contributed by atoms with E-state index in [1.807, 2.05) is 0 Å². The van der Waals surface area contributed by atoms with Gasteiger partial charge in [0.25, 0.3) is 0 Å². The molecule has 1 N–H and O–H groups in total. The molecular weight excluding hydrogens is 260 g/mol. The zero-order chi connectivity index (χ0) is 15.8.